The minimum absolute atomic E-state index is 0.0956. The van der Waals surface area contributed by atoms with Gasteiger partial charge in [-0.3, -0.25) is 42.5 Å². The van der Waals surface area contributed by atoms with Gasteiger partial charge in [0.25, 0.3) is 22.9 Å². The summed E-state index contributed by atoms with van der Waals surface area (Å²) in [5, 5.41) is 62.2. The van der Waals surface area contributed by atoms with E-state index in [0.717, 1.165) is 27.4 Å². The number of halogens is 1. The van der Waals surface area contributed by atoms with E-state index in [4.69, 9.17) is 17.3 Å². The molecule has 10 rings (SSSR count). The van der Waals surface area contributed by atoms with Crippen LogP contribution in [0, 0.1) is 0 Å². The number of rotatable bonds is 15. The zero-order valence-corrected chi connectivity index (χ0v) is 44.7. The number of amides is 3. The normalized spacial score (nSPS) is 11.3. The molecule has 0 unspecified atom stereocenters. The average Bonchev–Trinajstić information content (AvgIpc) is 4.23. The number of nitrogens with one attached hydrogen (secondary N) is 5. The number of hydrogen-bond acceptors (Lipinski definition) is 13. The highest BCUT2D eigenvalue weighted by molar-refractivity contribution is 6.12. The zero-order chi connectivity index (χ0) is 59.1. The molecule has 0 aliphatic heterocycles. The number of carboxylic acid groups (broad SMARTS) is 1. The summed E-state index contributed by atoms with van der Waals surface area (Å²) in [6.45, 7) is 7.50. The topological polar surface area (TPSA) is 318 Å². The summed E-state index contributed by atoms with van der Waals surface area (Å²) in [4.78, 5) is 73.6. The molecule has 81 heavy (non-hydrogen) atoms. The van der Waals surface area contributed by atoms with Gasteiger partial charge in [0, 0.05) is 63.6 Å². The Morgan fingerprint density at radius 1 is 0.580 bits per heavy atom. The van der Waals surface area contributed by atoms with Crippen molar-refractivity contribution in [3.63, 3.8) is 0 Å². The van der Waals surface area contributed by atoms with Gasteiger partial charge in [0.2, 0.25) is 5.91 Å². The van der Waals surface area contributed by atoms with Crippen LogP contribution in [0.25, 0.3) is 65.9 Å². The fourth-order valence-corrected chi connectivity index (χ4v) is 8.22. The number of hydrogen-bond donors (Lipinski definition) is 9. The van der Waals surface area contributed by atoms with E-state index >= 15 is 0 Å². The van der Waals surface area contributed by atoms with Crippen LogP contribution in [0.2, 0.25) is 0 Å². The van der Waals surface area contributed by atoms with Crippen LogP contribution in [0.15, 0.2) is 155 Å². The molecule has 3 amide bonds. The van der Waals surface area contributed by atoms with Crippen LogP contribution >= 0.6 is 0 Å². The Hall–Kier alpha value is -9.77. The monoisotopic (exact) mass is 1100 g/mol. The molecule has 0 aliphatic rings. The molecule has 0 saturated heterocycles. The molecule has 0 atom stereocenters. The standard InChI is InChI=1S/C29H28N6O4.C25H19N5O4.C4H11NO.CH3F/c1-29(2,39)17-30-24(36)15-16-35-23-10-6-5-9-22(23)26(34-35)28(38)31-19-13-11-18(12-14-19)25-20-7-3-4-8-21(20)27(37)33-32-25;31-21(32)13-14-30-20-8-4-3-7-19(20)23(29-30)25(34)26-16-11-9-15(10-12-16)22-17-5-1-2-6-18(17)24(33)28-27-22;1-4(2,6)3-5;1-2/h3-14,39H,15-17H2,1-2H3,(H,30,36)(H,31,38)(H,33,37);1-12H,13-14H2,(H,26,34)(H,28,33)(H,31,32);6H,3,5H2,1-2H3;1H3/i;;;1D. The molecule has 0 radical (unpaired) electrons. The fourth-order valence-electron chi connectivity index (χ4n) is 8.22. The molecule has 0 aliphatic carbocycles. The average molecular weight is 1100 g/mol. The first-order chi connectivity index (χ1) is 39.2. The van der Waals surface area contributed by atoms with E-state index in [1.807, 2.05) is 78.9 Å². The second-order valence-corrected chi connectivity index (χ2v) is 19.6. The number of aryl methyl sites for hydroxylation is 2. The zero-order valence-electron chi connectivity index (χ0n) is 45.7. The fraction of sp³-hybridized carbons (Fsp3) is 0.220. The Morgan fingerprint density at radius 2 is 0.938 bits per heavy atom. The Balaban J connectivity index is 0.000000207. The van der Waals surface area contributed by atoms with E-state index in [2.05, 4.69) is 46.5 Å². The number of nitrogens with two attached hydrogens (primary N) is 1. The molecule has 10 N–H and O–H groups in total. The highest BCUT2D eigenvalue weighted by Gasteiger charge is 2.21. The molecule has 0 bridgehead atoms. The lowest BCUT2D eigenvalue weighted by Crippen LogP contribution is -2.38. The maximum Gasteiger partial charge on any atom is 0.305 e. The SMILES string of the molecule is CC(C)(O)CN.CC(C)(O)CNC(=O)CCn1nc(C(=O)Nc2ccc(-c3n[nH]c(=O)c4ccccc34)cc2)c2ccccc21.O=C(O)CCn1nc(C(=O)Nc2ccc(-c3n[nH]c(=O)c4ccccc34)cc2)c2ccccc21.[2H]CF. The van der Waals surface area contributed by atoms with Gasteiger partial charge in [-0.25, -0.2) is 10.2 Å². The molecule has 0 saturated carbocycles. The summed E-state index contributed by atoms with van der Waals surface area (Å²) in [5.74, 6) is -1.93. The first kappa shape index (κ1) is 57.4. The van der Waals surface area contributed by atoms with E-state index in [9.17, 15) is 38.3 Å². The Labute approximate surface area is 464 Å². The van der Waals surface area contributed by atoms with Gasteiger partial charge in [0.15, 0.2) is 11.4 Å². The maximum absolute atomic E-state index is 13.2. The molecular formula is C59H61FN12O9. The van der Waals surface area contributed by atoms with Crippen molar-refractivity contribution in [3.8, 4) is 22.5 Å². The van der Waals surface area contributed by atoms with Crippen LogP contribution in [0.3, 0.4) is 0 Å². The molecule has 6 aromatic carbocycles. The second kappa shape index (κ2) is 26.3. The molecule has 22 heteroatoms. The number of fused-ring (bicyclic) bond motifs is 4. The number of H-pyrrole nitrogens is 2. The van der Waals surface area contributed by atoms with Gasteiger partial charge in [-0.2, -0.15) is 20.4 Å². The molecule has 4 heterocycles. The van der Waals surface area contributed by atoms with E-state index in [1.165, 1.54) is 4.68 Å². The lowest BCUT2D eigenvalue weighted by molar-refractivity contribution is -0.137. The van der Waals surface area contributed by atoms with Gasteiger partial charge in [-0.05, 0) is 76.2 Å². The van der Waals surface area contributed by atoms with Crippen LogP contribution in [-0.2, 0) is 22.7 Å². The van der Waals surface area contributed by atoms with Crippen LogP contribution in [-0.4, -0.2) is 110 Å². The number of aliphatic carboxylic acids is 1. The molecule has 0 spiro atoms. The number of para-hydroxylation sites is 2. The quantitative estimate of drug-likeness (QED) is 0.0482. The van der Waals surface area contributed by atoms with Crippen molar-refractivity contribution in [3.05, 3.63) is 178 Å². The van der Waals surface area contributed by atoms with Crippen LogP contribution in [0.1, 0.15) is 62.9 Å². The van der Waals surface area contributed by atoms with Crippen molar-refractivity contribution in [2.75, 3.05) is 30.9 Å². The van der Waals surface area contributed by atoms with Gasteiger partial charge in [0.1, 0.15) is 0 Å². The Kier molecular flexibility index (Phi) is 18.6. The van der Waals surface area contributed by atoms with Crippen molar-refractivity contribution < 1.29 is 40.3 Å². The molecule has 418 valence electrons. The van der Waals surface area contributed by atoms with E-state index < -0.39 is 30.2 Å². The Morgan fingerprint density at radius 3 is 1.31 bits per heavy atom. The smallest absolute Gasteiger partial charge is 0.305 e. The number of carboxylic acids is 1. The maximum atomic E-state index is 13.2. The van der Waals surface area contributed by atoms with Crippen molar-refractivity contribution in [2.45, 2.75) is 64.8 Å². The number of benzene rings is 6. The number of aromatic nitrogens is 8. The summed E-state index contributed by atoms with van der Waals surface area (Å²) in [7, 11) is -1.00. The highest BCUT2D eigenvalue weighted by Crippen LogP contribution is 2.28. The van der Waals surface area contributed by atoms with E-state index in [1.54, 1.807) is 99.1 Å². The van der Waals surface area contributed by atoms with Crippen molar-refractivity contribution in [1.29, 1.82) is 0 Å². The number of alkyl halides is 1. The number of aliphatic hydroxyl groups is 2. The number of carbonyl (C=O) groups is 4. The van der Waals surface area contributed by atoms with Crippen LogP contribution in [0.4, 0.5) is 15.8 Å². The minimum atomic E-state index is -1.00. The van der Waals surface area contributed by atoms with Gasteiger partial charge in [0.05, 0.1) is 72.4 Å². The number of anilines is 2. The van der Waals surface area contributed by atoms with Gasteiger partial charge in [-0.15, -0.1) is 0 Å². The lowest BCUT2D eigenvalue weighted by atomic mass is 10.0. The number of nitrogens with zero attached hydrogens (tertiary/aromatic N) is 6. The van der Waals surface area contributed by atoms with Gasteiger partial charge >= 0.3 is 5.97 Å². The third-order valence-electron chi connectivity index (χ3n) is 12.3. The van der Waals surface area contributed by atoms with Crippen molar-refractivity contribution in [2.24, 2.45) is 5.73 Å². The molecule has 21 nitrogen and oxygen atoms in total. The van der Waals surface area contributed by atoms with Gasteiger partial charge in [-0.1, -0.05) is 97.1 Å². The number of carbonyl (C=O) groups excluding carboxylic acids is 3. The summed E-state index contributed by atoms with van der Waals surface area (Å²) < 4.78 is 18.7. The predicted molar refractivity (Wildman–Crippen MR) is 310 cm³/mol. The van der Waals surface area contributed by atoms with Gasteiger partial charge < -0.3 is 37.0 Å². The summed E-state index contributed by atoms with van der Waals surface area (Å²) in [6.07, 6.45) is 0.0550. The number of aromatic amines is 2. The third-order valence-corrected chi connectivity index (χ3v) is 12.3. The first-order valence-electron chi connectivity index (χ1n) is 26.1. The molecule has 10 aromatic rings. The van der Waals surface area contributed by atoms with E-state index in [0.29, 0.717) is 56.4 Å². The van der Waals surface area contributed by atoms with Crippen molar-refractivity contribution >= 4 is 78.4 Å². The molecule has 0 fully saturated rings. The highest BCUT2D eigenvalue weighted by atomic mass is 19.1. The van der Waals surface area contributed by atoms with Crippen LogP contribution < -0.4 is 32.8 Å². The summed E-state index contributed by atoms with van der Waals surface area (Å²) in [6, 6.07) is 43.3. The lowest BCUT2D eigenvalue weighted by Gasteiger charge is -2.17. The predicted octanol–water partition coefficient (Wildman–Crippen LogP) is 7.44. The minimum Gasteiger partial charge on any atom is -0.481 e. The summed E-state index contributed by atoms with van der Waals surface area (Å²) >= 11 is 0. The first-order valence-corrected chi connectivity index (χ1v) is 25.4. The molecule has 4 aromatic heterocycles. The molecular weight excluding hydrogens is 1040 g/mol. The second-order valence-electron chi connectivity index (χ2n) is 19.6. The van der Waals surface area contributed by atoms with Crippen molar-refractivity contribution in [1.82, 2.24) is 45.3 Å². The third kappa shape index (κ3) is 15.1. The van der Waals surface area contributed by atoms with Crippen LogP contribution in [0.5, 0.6) is 0 Å². The van der Waals surface area contributed by atoms with E-state index in [-0.39, 0.29) is 66.8 Å². The Bertz CT molecular complexity index is 4000. The largest absolute Gasteiger partial charge is 0.481 e. The summed E-state index contributed by atoms with van der Waals surface area (Å²) in [5.41, 5.74) is 8.76.